The van der Waals surface area contributed by atoms with Gasteiger partial charge in [0, 0.05) is 26.7 Å². The van der Waals surface area contributed by atoms with Gasteiger partial charge in [0.25, 0.3) is 0 Å². The molecule has 0 radical (unpaired) electrons. The second-order valence-electron chi connectivity index (χ2n) is 5.67. The third kappa shape index (κ3) is 5.30. The lowest BCUT2D eigenvalue weighted by Crippen LogP contribution is -2.39. The molecule has 1 atom stereocenters. The predicted molar refractivity (Wildman–Crippen MR) is 87.8 cm³/mol. The summed E-state index contributed by atoms with van der Waals surface area (Å²) in [4.78, 5) is 4.21. The molecule has 1 aliphatic heterocycles. The van der Waals surface area contributed by atoms with E-state index >= 15 is 0 Å². The summed E-state index contributed by atoms with van der Waals surface area (Å²) < 4.78 is 18.7. The molecule has 122 valence electrons. The average Bonchev–Trinajstić information content (AvgIpc) is 3.01. The predicted octanol–water partition coefficient (Wildman–Crippen LogP) is 2.41. The Morgan fingerprint density at radius 1 is 1.36 bits per heavy atom. The highest BCUT2D eigenvalue weighted by Crippen LogP contribution is 2.14. The number of guanidine groups is 1. The maximum absolute atomic E-state index is 13.1. The molecule has 1 aliphatic rings. The minimum atomic E-state index is -0.180. The van der Waals surface area contributed by atoms with Crippen molar-refractivity contribution in [3.05, 3.63) is 35.1 Å². The van der Waals surface area contributed by atoms with Crippen LogP contribution in [0.25, 0.3) is 0 Å². The molecule has 0 amide bonds. The van der Waals surface area contributed by atoms with E-state index < -0.39 is 0 Å². The van der Waals surface area contributed by atoms with E-state index in [4.69, 9.17) is 4.74 Å². The van der Waals surface area contributed by atoms with E-state index in [2.05, 4.69) is 15.6 Å². The third-order valence-corrected chi connectivity index (χ3v) is 4.00. The van der Waals surface area contributed by atoms with E-state index in [0.29, 0.717) is 6.10 Å². The van der Waals surface area contributed by atoms with Gasteiger partial charge in [-0.1, -0.05) is 6.07 Å². The molecule has 1 aromatic rings. The first kappa shape index (κ1) is 16.7. The molecule has 1 aromatic carbocycles. The molecule has 2 rings (SSSR count). The Kier molecular flexibility index (Phi) is 6.65. The number of aryl methyl sites for hydroxylation is 1. The Morgan fingerprint density at radius 3 is 2.86 bits per heavy atom. The third-order valence-electron chi connectivity index (χ3n) is 4.00. The number of ether oxygens (including phenoxy) is 1. The molecule has 0 saturated carbocycles. The second-order valence-corrected chi connectivity index (χ2v) is 5.67. The van der Waals surface area contributed by atoms with Gasteiger partial charge in [0.05, 0.1) is 6.10 Å². The lowest BCUT2D eigenvalue weighted by molar-refractivity contribution is 0.105. The van der Waals surface area contributed by atoms with Gasteiger partial charge in [0.15, 0.2) is 5.96 Å². The first-order valence-electron chi connectivity index (χ1n) is 8.00. The molecular weight excluding hydrogens is 281 g/mol. The normalized spacial score (nSPS) is 18.5. The molecule has 22 heavy (non-hydrogen) atoms. The van der Waals surface area contributed by atoms with E-state index in [1.54, 1.807) is 13.1 Å². The number of benzene rings is 1. The Labute approximate surface area is 132 Å². The van der Waals surface area contributed by atoms with Crippen LogP contribution in [0.3, 0.4) is 0 Å². The molecule has 0 bridgehead atoms. The lowest BCUT2D eigenvalue weighted by atomic mass is 10.1. The van der Waals surface area contributed by atoms with Crippen molar-refractivity contribution in [2.75, 3.05) is 26.7 Å². The zero-order valence-corrected chi connectivity index (χ0v) is 13.5. The average molecular weight is 307 g/mol. The molecule has 0 spiro atoms. The van der Waals surface area contributed by atoms with Crippen LogP contribution in [0.5, 0.6) is 0 Å². The van der Waals surface area contributed by atoms with Gasteiger partial charge in [-0.25, -0.2) is 4.39 Å². The molecule has 2 N–H and O–H groups in total. The van der Waals surface area contributed by atoms with Gasteiger partial charge in [0.2, 0.25) is 0 Å². The molecule has 5 heteroatoms. The molecular formula is C17H26FN3O. The summed E-state index contributed by atoms with van der Waals surface area (Å²) >= 11 is 0. The quantitative estimate of drug-likeness (QED) is 0.627. The molecule has 1 saturated heterocycles. The van der Waals surface area contributed by atoms with E-state index in [1.165, 1.54) is 12.5 Å². The second kappa shape index (κ2) is 8.73. The van der Waals surface area contributed by atoms with Crippen LogP contribution in [-0.2, 0) is 11.2 Å². The van der Waals surface area contributed by atoms with Crippen LogP contribution in [0.4, 0.5) is 4.39 Å². The molecule has 1 unspecified atom stereocenters. The number of rotatable bonds is 6. The van der Waals surface area contributed by atoms with E-state index in [1.807, 2.05) is 13.0 Å². The van der Waals surface area contributed by atoms with Crippen molar-refractivity contribution in [3.8, 4) is 0 Å². The first-order valence-corrected chi connectivity index (χ1v) is 8.00. The highest BCUT2D eigenvalue weighted by Gasteiger charge is 2.14. The van der Waals surface area contributed by atoms with Gasteiger partial charge in [0.1, 0.15) is 5.82 Å². The van der Waals surface area contributed by atoms with Crippen LogP contribution in [0.1, 0.15) is 30.4 Å². The van der Waals surface area contributed by atoms with Crippen molar-refractivity contribution in [2.24, 2.45) is 4.99 Å². The SMILES string of the molecule is CN=C(NCCc1ccc(F)cc1C)NCCC1CCCO1. The van der Waals surface area contributed by atoms with Crippen LogP contribution in [0.2, 0.25) is 0 Å². The minimum absolute atomic E-state index is 0.180. The summed E-state index contributed by atoms with van der Waals surface area (Å²) in [6, 6.07) is 4.93. The van der Waals surface area contributed by atoms with Crippen LogP contribution >= 0.6 is 0 Å². The standard InChI is InChI=1S/C17H26FN3O/c1-13-12-15(18)6-5-14(13)7-9-20-17(19-2)21-10-8-16-4-3-11-22-16/h5-6,12,16H,3-4,7-11H2,1-2H3,(H2,19,20,21). The summed E-state index contributed by atoms with van der Waals surface area (Å²) in [5, 5.41) is 6.59. The molecule has 0 aromatic heterocycles. The van der Waals surface area contributed by atoms with Gasteiger partial charge in [-0.05, 0) is 55.9 Å². The highest BCUT2D eigenvalue weighted by molar-refractivity contribution is 5.79. The fourth-order valence-electron chi connectivity index (χ4n) is 2.70. The van der Waals surface area contributed by atoms with Crippen molar-refractivity contribution in [1.82, 2.24) is 10.6 Å². The van der Waals surface area contributed by atoms with Crippen LogP contribution in [0.15, 0.2) is 23.2 Å². The largest absolute Gasteiger partial charge is 0.378 e. The number of halogens is 1. The van der Waals surface area contributed by atoms with Gasteiger partial charge in [-0.3, -0.25) is 4.99 Å². The zero-order valence-electron chi connectivity index (χ0n) is 13.5. The summed E-state index contributed by atoms with van der Waals surface area (Å²) in [6.07, 6.45) is 4.59. The van der Waals surface area contributed by atoms with Gasteiger partial charge < -0.3 is 15.4 Å². The Bertz CT molecular complexity index is 499. The van der Waals surface area contributed by atoms with E-state index in [-0.39, 0.29) is 5.82 Å². The summed E-state index contributed by atoms with van der Waals surface area (Å²) in [5.74, 6) is 0.624. The maximum Gasteiger partial charge on any atom is 0.190 e. The maximum atomic E-state index is 13.1. The number of aliphatic imine (C=N–C) groups is 1. The number of nitrogens with one attached hydrogen (secondary N) is 2. The molecule has 4 nitrogen and oxygen atoms in total. The molecule has 1 heterocycles. The van der Waals surface area contributed by atoms with Crippen molar-refractivity contribution in [2.45, 2.75) is 38.7 Å². The topological polar surface area (TPSA) is 45.7 Å². The molecule has 0 aliphatic carbocycles. The van der Waals surface area contributed by atoms with Crippen LogP contribution in [-0.4, -0.2) is 38.8 Å². The van der Waals surface area contributed by atoms with Crippen molar-refractivity contribution < 1.29 is 9.13 Å². The molecule has 1 fully saturated rings. The Hall–Kier alpha value is -1.62. The smallest absolute Gasteiger partial charge is 0.190 e. The lowest BCUT2D eigenvalue weighted by Gasteiger charge is -2.14. The van der Waals surface area contributed by atoms with Crippen LogP contribution in [0, 0.1) is 12.7 Å². The fourth-order valence-corrected chi connectivity index (χ4v) is 2.70. The monoisotopic (exact) mass is 307 g/mol. The van der Waals surface area contributed by atoms with E-state index in [0.717, 1.165) is 56.0 Å². The first-order chi connectivity index (χ1) is 10.7. The van der Waals surface area contributed by atoms with Gasteiger partial charge >= 0.3 is 0 Å². The van der Waals surface area contributed by atoms with Crippen molar-refractivity contribution >= 4 is 5.96 Å². The van der Waals surface area contributed by atoms with E-state index in [9.17, 15) is 4.39 Å². The Balaban J connectivity index is 1.67. The van der Waals surface area contributed by atoms with Crippen molar-refractivity contribution in [3.63, 3.8) is 0 Å². The van der Waals surface area contributed by atoms with Gasteiger partial charge in [-0.2, -0.15) is 0 Å². The Morgan fingerprint density at radius 2 is 2.18 bits per heavy atom. The number of nitrogens with zero attached hydrogens (tertiary/aromatic N) is 1. The summed E-state index contributed by atoms with van der Waals surface area (Å²) in [7, 11) is 1.77. The summed E-state index contributed by atoms with van der Waals surface area (Å²) in [5.41, 5.74) is 2.15. The minimum Gasteiger partial charge on any atom is -0.378 e. The van der Waals surface area contributed by atoms with Crippen molar-refractivity contribution in [1.29, 1.82) is 0 Å². The number of hydrogen-bond donors (Lipinski definition) is 2. The fraction of sp³-hybridized carbons (Fsp3) is 0.588. The zero-order chi connectivity index (χ0) is 15.8. The summed E-state index contributed by atoms with van der Waals surface area (Å²) in [6.45, 7) is 4.47. The number of hydrogen-bond acceptors (Lipinski definition) is 2. The highest BCUT2D eigenvalue weighted by atomic mass is 19.1. The van der Waals surface area contributed by atoms with Gasteiger partial charge in [-0.15, -0.1) is 0 Å². The van der Waals surface area contributed by atoms with Crippen LogP contribution < -0.4 is 10.6 Å².